The minimum absolute atomic E-state index is 0.130. The van der Waals surface area contributed by atoms with E-state index in [1.54, 1.807) is 12.1 Å². The lowest BCUT2D eigenvalue weighted by Gasteiger charge is -2.17. The van der Waals surface area contributed by atoms with E-state index in [0.717, 1.165) is 12.1 Å². The molecule has 20 heavy (non-hydrogen) atoms. The van der Waals surface area contributed by atoms with Gasteiger partial charge in [0.05, 0.1) is 0 Å². The molecule has 0 amide bonds. The molecule has 0 fully saturated rings. The number of hydrogen-bond acceptors (Lipinski definition) is 1. The fourth-order valence-electron chi connectivity index (χ4n) is 2.64. The first kappa shape index (κ1) is 14.7. The van der Waals surface area contributed by atoms with Crippen LogP contribution in [-0.2, 0) is 6.54 Å². The highest BCUT2D eigenvalue weighted by molar-refractivity contribution is 5.37. The second-order valence-corrected chi connectivity index (χ2v) is 5.53. The van der Waals surface area contributed by atoms with Crippen LogP contribution in [0.4, 0.5) is 4.39 Å². The zero-order chi connectivity index (χ0) is 14.7. The molecule has 0 saturated carbocycles. The third-order valence-corrected chi connectivity index (χ3v) is 3.77. The summed E-state index contributed by atoms with van der Waals surface area (Å²) < 4.78 is 13.2. The summed E-state index contributed by atoms with van der Waals surface area (Å²) in [7, 11) is 0. The number of nitrogens with one attached hydrogen (secondary N) is 1. The van der Waals surface area contributed by atoms with Gasteiger partial charge in [0, 0.05) is 12.6 Å². The minimum Gasteiger partial charge on any atom is -0.306 e. The molecule has 2 heteroatoms. The summed E-state index contributed by atoms with van der Waals surface area (Å²) in [5.74, 6) is -0.182. The molecule has 0 radical (unpaired) electrons. The van der Waals surface area contributed by atoms with Crippen LogP contribution >= 0.6 is 0 Å². The normalized spacial score (nSPS) is 12.4. The van der Waals surface area contributed by atoms with E-state index >= 15 is 0 Å². The summed E-state index contributed by atoms with van der Waals surface area (Å²) in [5.41, 5.74) is 6.22. The number of benzene rings is 2. The van der Waals surface area contributed by atoms with Gasteiger partial charge in [0.1, 0.15) is 5.82 Å². The first-order valence-electron chi connectivity index (χ1n) is 7.03. The van der Waals surface area contributed by atoms with Crippen molar-refractivity contribution in [2.45, 2.75) is 40.3 Å². The summed E-state index contributed by atoms with van der Waals surface area (Å²) in [4.78, 5) is 0. The molecule has 0 aliphatic rings. The minimum atomic E-state index is -0.182. The van der Waals surface area contributed by atoms with Gasteiger partial charge in [-0.2, -0.15) is 0 Å². The van der Waals surface area contributed by atoms with Gasteiger partial charge in [0.2, 0.25) is 0 Å². The Morgan fingerprint density at radius 3 is 2.30 bits per heavy atom. The van der Waals surface area contributed by atoms with Gasteiger partial charge in [0.25, 0.3) is 0 Å². The monoisotopic (exact) mass is 271 g/mol. The first-order valence-corrected chi connectivity index (χ1v) is 7.03. The summed E-state index contributed by atoms with van der Waals surface area (Å²) in [5, 5.41) is 3.48. The Kier molecular flexibility index (Phi) is 4.56. The van der Waals surface area contributed by atoms with E-state index in [-0.39, 0.29) is 11.9 Å². The number of halogens is 1. The highest BCUT2D eigenvalue weighted by Gasteiger charge is 2.08. The van der Waals surface area contributed by atoms with Crippen LogP contribution in [-0.4, -0.2) is 0 Å². The van der Waals surface area contributed by atoms with Crippen molar-refractivity contribution in [3.05, 3.63) is 70.0 Å². The summed E-state index contributed by atoms with van der Waals surface area (Å²) in [6, 6.07) is 11.3. The second-order valence-electron chi connectivity index (χ2n) is 5.53. The van der Waals surface area contributed by atoms with Crippen molar-refractivity contribution in [2.75, 3.05) is 0 Å². The zero-order valence-electron chi connectivity index (χ0n) is 12.6. The van der Waals surface area contributed by atoms with Crippen LogP contribution in [0.2, 0.25) is 0 Å². The third-order valence-electron chi connectivity index (χ3n) is 3.77. The number of aryl methyl sites for hydroxylation is 3. The van der Waals surface area contributed by atoms with Crippen LogP contribution in [0.1, 0.15) is 40.8 Å². The Balaban J connectivity index is 2.09. The van der Waals surface area contributed by atoms with Crippen molar-refractivity contribution >= 4 is 0 Å². The Morgan fingerprint density at radius 1 is 1.05 bits per heavy atom. The molecule has 106 valence electrons. The van der Waals surface area contributed by atoms with Crippen LogP contribution in [0.25, 0.3) is 0 Å². The van der Waals surface area contributed by atoms with E-state index in [1.807, 2.05) is 6.07 Å². The highest BCUT2D eigenvalue weighted by Crippen LogP contribution is 2.19. The predicted octanol–water partition coefficient (Wildman–Crippen LogP) is 4.60. The van der Waals surface area contributed by atoms with E-state index in [9.17, 15) is 4.39 Å². The molecule has 0 spiro atoms. The van der Waals surface area contributed by atoms with E-state index in [1.165, 1.54) is 28.3 Å². The fourth-order valence-corrected chi connectivity index (χ4v) is 2.64. The van der Waals surface area contributed by atoms with Crippen molar-refractivity contribution in [2.24, 2.45) is 0 Å². The lowest BCUT2D eigenvalue weighted by atomic mass is 9.99. The topological polar surface area (TPSA) is 12.0 Å². The Labute approximate surface area is 120 Å². The van der Waals surface area contributed by atoms with Gasteiger partial charge in [0.15, 0.2) is 0 Å². The van der Waals surface area contributed by atoms with Gasteiger partial charge in [-0.25, -0.2) is 4.39 Å². The van der Waals surface area contributed by atoms with Gasteiger partial charge in [-0.15, -0.1) is 0 Å². The summed E-state index contributed by atoms with van der Waals surface area (Å²) in [6.07, 6.45) is 0. The molecule has 1 nitrogen and oxygen atoms in total. The van der Waals surface area contributed by atoms with Gasteiger partial charge in [-0.05, 0) is 62.1 Å². The molecule has 0 aliphatic carbocycles. The molecular weight excluding hydrogens is 249 g/mol. The Hall–Kier alpha value is -1.67. The maximum Gasteiger partial charge on any atom is 0.123 e. The van der Waals surface area contributed by atoms with E-state index in [4.69, 9.17) is 0 Å². The van der Waals surface area contributed by atoms with Crippen LogP contribution in [0, 0.1) is 26.6 Å². The van der Waals surface area contributed by atoms with Gasteiger partial charge in [-0.1, -0.05) is 29.8 Å². The molecule has 0 heterocycles. The van der Waals surface area contributed by atoms with Gasteiger partial charge in [-0.3, -0.25) is 0 Å². The maximum atomic E-state index is 13.2. The Bertz CT molecular complexity index is 581. The van der Waals surface area contributed by atoms with Crippen LogP contribution < -0.4 is 5.32 Å². The van der Waals surface area contributed by atoms with Crippen molar-refractivity contribution in [3.63, 3.8) is 0 Å². The average Bonchev–Trinajstić information content (AvgIpc) is 2.37. The van der Waals surface area contributed by atoms with Gasteiger partial charge >= 0.3 is 0 Å². The lowest BCUT2D eigenvalue weighted by molar-refractivity contribution is 0.563. The number of rotatable bonds is 4. The largest absolute Gasteiger partial charge is 0.306 e. The average molecular weight is 271 g/mol. The van der Waals surface area contributed by atoms with Crippen LogP contribution in [0.3, 0.4) is 0 Å². The zero-order valence-corrected chi connectivity index (χ0v) is 12.6. The molecule has 2 aromatic carbocycles. The molecule has 0 bridgehead atoms. The molecule has 2 rings (SSSR count). The van der Waals surface area contributed by atoms with Crippen molar-refractivity contribution < 1.29 is 4.39 Å². The summed E-state index contributed by atoms with van der Waals surface area (Å²) >= 11 is 0. The summed E-state index contributed by atoms with van der Waals surface area (Å²) in [6.45, 7) is 9.27. The van der Waals surface area contributed by atoms with Gasteiger partial charge < -0.3 is 5.32 Å². The van der Waals surface area contributed by atoms with Crippen molar-refractivity contribution in [3.8, 4) is 0 Å². The lowest BCUT2D eigenvalue weighted by Crippen LogP contribution is -2.19. The predicted molar refractivity (Wildman–Crippen MR) is 82.3 cm³/mol. The third kappa shape index (κ3) is 3.45. The van der Waals surface area contributed by atoms with Crippen LogP contribution in [0.15, 0.2) is 36.4 Å². The van der Waals surface area contributed by atoms with Crippen LogP contribution in [0.5, 0.6) is 0 Å². The molecule has 0 aromatic heterocycles. The SMILES string of the molecule is Cc1cc(C)c(CN[C@@H](C)c2cccc(F)c2)c(C)c1. The molecule has 2 aromatic rings. The Morgan fingerprint density at radius 2 is 1.70 bits per heavy atom. The van der Waals surface area contributed by atoms with E-state index in [2.05, 4.69) is 45.1 Å². The maximum absolute atomic E-state index is 13.2. The fraction of sp³-hybridized carbons (Fsp3) is 0.333. The number of hydrogen-bond donors (Lipinski definition) is 1. The van der Waals surface area contributed by atoms with E-state index in [0.29, 0.717) is 0 Å². The second kappa shape index (κ2) is 6.19. The first-order chi connectivity index (χ1) is 9.47. The highest BCUT2D eigenvalue weighted by atomic mass is 19.1. The standard InChI is InChI=1S/C18H22FN/c1-12-8-13(2)18(14(3)9-12)11-20-15(4)16-6-5-7-17(19)10-16/h5-10,15,20H,11H2,1-4H3/t15-/m0/s1. The van der Waals surface area contributed by atoms with Crippen molar-refractivity contribution in [1.82, 2.24) is 5.32 Å². The molecule has 0 aliphatic heterocycles. The molecule has 0 saturated heterocycles. The molecular formula is C18H22FN. The quantitative estimate of drug-likeness (QED) is 0.856. The molecule has 0 unspecified atom stereocenters. The van der Waals surface area contributed by atoms with Crippen molar-refractivity contribution in [1.29, 1.82) is 0 Å². The molecule has 1 N–H and O–H groups in total. The molecule has 1 atom stereocenters. The smallest absolute Gasteiger partial charge is 0.123 e. The van der Waals surface area contributed by atoms with E-state index < -0.39 is 0 Å².